The predicted octanol–water partition coefficient (Wildman–Crippen LogP) is 4.18. The molecule has 0 spiro atoms. The third-order valence-electron chi connectivity index (χ3n) is 5.22. The monoisotopic (exact) mass is 460 g/mol. The van der Waals surface area contributed by atoms with Crippen molar-refractivity contribution in [1.82, 2.24) is 4.90 Å². The fraction of sp³-hybridized carbons (Fsp3) is 0.391. The molecule has 1 unspecified atom stereocenters. The third kappa shape index (κ3) is 5.39. The van der Waals surface area contributed by atoms with Crippen LogP contribution in [0.5, 0.6) is 5.75 Å². The molecule has 0 bridgehead atoms. The Morgan fingerprint density at radius 3 is 2.70 bits per heavy atom. The molecule has 3 rings (SSSR count). The van der Waals surface area contributed by atoms with Gasteiger partial charge in [0.15, 0.2) is 6.04 Å². The number of methoxy groups -OCH3 is 1. The van der Waals surface area contributed by atoms with Gasteiger partial charge >= 0.3 is 12.1 Å². The molecule has 0 aliphatic carbocycles. The number of nitrogens with zero attached hydrogens (tertiary/aromatic N) is 2. The standard InChI is InChI=1S/C23H25FN2O7/c1-14(2)12-33-23(28)25-10-9-15-11-16(7-8-17(15)21(25)22(27)31-3)32-13-18-19(24)5-4-6-20(18)26(29)30/h4-8,11,14,21H,9-10,12-13H2,1-3H3. The smallest absolute Gasteiger partial charge is 0.410 e. The van der Waals surface area contributed by atoms with Crippen LogP contribution in [0.1, 0.15) is 36.6 Å². The Bertz CT molecular complexity index is 1060. The largest absolute Gasteiger partial charge is 0.489 e. The first kappa shape index (κ1) is 24.0. The molecule has 0 N–H and O–H groups in total. The van der Waals surface area contributed by atoms with Crippen molar-refractivity contribution in [3.63, 3.8) is 0 Å². The highest BCUT2D eigenvalue weighted by molar-refractivity contribution is 5.84. The number of halogens is 1. The summed E-state index contributed by atoms with van der Waals surface area (Å²) in [7, 11) is 1.24. The molecular weight excluding hydrogens is 435 g/mol. The summed E-state index contributed by atoms with van der Waals surface area (Å²) >= 11 is 0. The first-order valence-corrected chi connectivity index (χ1v) is 10.4. The summed E-state index contributed by atoms with van der Waals surface area (Å²) in [5.41, 5.74) is 0.790. The second kappa shape index (κ2) is 10.3. The molecule has 2 aromatic carbocycles. The SMILES string of the molecule is COC(=O)C1c2ccc(OCc3c(F)cccc3[N+](=O)[O-])cc2CCN1C(=O)OCC(C)C. The van der Waals surface area contributed by atoms with Crippen molar-refractivity contribution in [3.05, 3.63) is 69.0 Å². The number of esters is 1. The number of carbonyl (C=O) groups excluding carboxylic acids is 2. The molecule has 1 aliphatic rings. The van der Waals surface area contributed by atoms with Crippen LogP contribution in [0.15, 0.2) is 36.4 Å². The van der Waals surface area contributed by atoms with E-state index < -0.39 is 28.8 Å². The summed E-state index contributed by atoms with van der Waals surface area (Å²) in [6.45, 7) is 3.94. The van der Waals surface area contributed by atoms with Gasteiger partial charge in [0.05, 0.1) is 18.6 Å². The third-order valence-corrected chi connectivity index (χ3v) is 5.22. The van der Waals surface area contributed by atoms with Gasteiger partial charge in [0, 0.05) is 12.6 Å². The summed E-state index contributed by atoms with van der Waals surface area (Å²) in [6, 6.07) is 7.50. The van der Waals surface area contributed by atoms with Gasteiger partial charge in [-0.3, -0.25) is 15.0 Å². The summed E-state index contributed by atoms with van der Waals surface area (Å²) < 4.78 is 29.9. The summed E-state index contributed by atoms with van der Waals surface area (Å²) in [5.74, 6) is -0.838. The zero-order valence-electron chi connectivity index (χ0n) is 18.6. The highest BCUT2D eigenvalue weighted by Gasteiger charge is 2.38. The van der Waals surface area contributed by atoms with Crippen molar-refractivity contribution in [2.45, 2.75) is 32.9 Å². The minimum absolute atomic E-state index is 0.146. The Hall–Kier alpha value is -3.69. The average Bonchev–Trinajstić information content (AvgIpc) is 2.79. The van der Waals surface area contributed by atoms with Gasteiger partial charge in [-0.05, 0) is 41.7 Å². The van der Waals surface area contributed by atoms with Gasteiger partial charge in [0.2, 0.25) is 0 Å². The lowest BCUT2D eigenvalue weighted by Gasteiger charge is -2.35. The van der Waals surface area contributed by atoms with Crippen LogP contribution >= 0.6 is 0 Å². The van der Waals surface area contributed by atoms with E-state index in [9.17, 15) is 24.1 Å². The Morgan fingerprint density at radius 2 is 2.03 bits per heavy atom. The molecule has 1 atom stereocenters. The van der Waals surface area contributed by atoms with Crippen LogP contribution in [-0.4, -0.2) is 42.1 Å². The van der Waals surface area contributed by atoms with Crippen LogP contribution in [0, 0.1) is 21.8 Å². The van der Waals surface area contributed by atoms with Gasteiger partial charge in [-0.1, -0.05) is 26.0 Å². The van der Waals surface area contributed by atoms with E-state index in [-0.39, 0.29) is 36.9 Å². The minimum atomic E-state index is -0.972. The fourth-order valence-electron chi connectivity index (χ4n) is 3.59. The zero-order valence-corrected chi connectivity index (χ0v) is 18.6. The van der Waals surface area contributed by atoms with Gasteiger partial charge in [0.1, 0.15) is 23.7 Å². The van der Waals surface area contributed by atoms with E-state index in [0.29, 0.717) is 17.7 Å². The van der Waals surface area contributed by atoms with Crippen LogP contribution in [-0.2, 0) is 27.3 Å². The second-order valence-corrected chi connectivity index (χ2v) is 7.98. The number of fused-ring (bicyclic) bond motifs is 1. The molecule has 176 valence electrons. The van der Waals surface area contributed by atoms with Crippen molar-refractivity contribution in [1.29, 1.82) is 0 Å². The number of hydrogen-bond donors (Lipinski definition) is 0. The number of ether oxygens (including phenoxy) is 3. The van der Waals surface area contributed by atoms with E-state index in [2.05, 4.69) is 0 Å². The first-order chi connectivity index (χ1) is 15.7. The minimum Gasteiger partial charge on any atom is -0.489 e. The Morgan fingerprint density at radius 1 is 1.27 bits per heavy atom. The van der Waals surface area contributed by atoms with Gasteiger partial charge in [-0.2, -0.15) is 0 Å². The maximum atomic E-state index is 14.1. The topological polar surface area (TPSA) is 108 Å². The molecule has 1 amide bonds. The van der Waals surface area contributed by atoms with Gasteiger partial charge in [0.25, 0.3) is 5.69 Å². The maximum Gasteiger partial charge on any atom is 0.410 e. The Labute approximate surface area is 190 Å². The molecular formula is C23H25FN2O7. The van der Waals surface area contributed by atoms with Crippen LogP contribution in [0.2, 0.25) is 0 Å². The number of rotatable bonds is 7. The van der Waals surface area contributed by atoms with Crippen molar-refractivity contribution >= 4 is 17.7 Å². The van der Waals surface area contributed by atoms with Crippen LogP contribution < -0.4 is 4.74 Å². The maximum absolute atomic E-state index is 14.1. The van der Waals surface area contributed by atoms with E-state index in [0.717, 1.165) is 11.6 Å². The van der Waals surface area contributed by atoms with Gasteiger partial charge in [-0.25, -0.2) is 14.0 Å². The Kier molecular flexibility index (Phi) is 7.47. The van der Waals surface area contributed by atoms with Crippen molar-refractivity contribution < 1.29 is 33.1 Å². The van der Waals surface area contributed by atoms with Crippen LogP contribution in [0.4, 0.5) is 14.9 Å². The number of carbonyl (C=O) groups is 2. The molecule has 1 aliphatic heterocycles. The number of benzene rings is 2. The summed E-state index contributed by atoms with van der Waals surface area (Å²) in [5, 5.41) is 11.2. The van der Waals surface area contributed by atoms with Crippen molar-refractivity contribution in [3.8, 4) is 5.75 Å². The van der Waals surface area contributed by atoms with E-state index in [1.807, 2.05) is 13.8 Å². The molecule has 9 nitrogen and oxygen atoms in total. The van der Waals surface area contributed by atoms with E-state index in [1.165, 1.54) is 24.1 Å². The van der Waals surface area contributed by atoms with Crippen molar-refractivity contribution in [2.24, 2.45) is 5.92 Å². The van der Waals surface area contributed by atoms with Crippen LogP contribution in [0.25, 0.3) is 0 Å². The van der Waals surface area contributed by atoms with E-state index in [1.54, 1.807) is 18.2 Å². The average molecular weight is 460 g/mol. The van der Waals surface area contributed by atoms with Gasteiger partial charge in [-0.15, -0.1) is 0 Å². The first-order valence-electron chi connectivity index (χ1n) is 10.4. The second-order valence-electron chi connectivity index (χ2n) is 7.98. The molecule has 0 fully saturated rings. The normalized spacial score (nSPS) is 15.1. The summed E-state index contributed by atoms with van der Waals surface area (Å²) in [4.78, 5) is 36.9. The lowest BCUT2D eigenvalue weighted by molar-refractivity contribution is -0.386. The highest BCUT2D eigenvalue weighted by atomic mass is 19.1. The Balaban J connectivity index is 1.82. The van der Waals surface area contributed by atoms with Crippen molar-refractivity contribution in [2.75, 3.05) is 20.3 Å². The molecule has 0 radical (unpaired) electrons. The number of amides is 1. The highest BCUT2D eigenvalue weighted by Crippen LogP contribution is 2.34. The molecule has 10 heteroatoms. The molecule has 0 saturated heterocycles. The molecule has 0 aromatic heterocycles. The lowest BCUT2D eigenvalue weighted by atomic mass is 9.92. The molecule has 2 aromatic rings. The molecule has 1 heterocycles. The molecule has 33 heavy (non-hydrogen) atoms. The lowest BCUT2D eigenvalue weighted by Crippen LogP contribution is -2.44. The predicted molar refractivity (Wildman–Crippen MR) is 115 cm³/mol. The number of nitro groups is 1. The van der Waals surface area contributed by atoms with E-state index in [4.69, 9.17) is 14.2 Å². The summed E-state index contributed by atoms with van der Waals surface area (Å²) in [6.07, 6.45) is -0.173. The molecule has 0 saturated carbocycles. The number of hydrogen-bond acceptors (Lipinski definition) is 7. The number of nitro benzene ring substituents is 1. The quantitative estimate of drug-likeness (QED) is 0.346. The zero-order chi connectivity index (χ0) is 24.1. The van der Waals surface area contributed by atoms with Gasteiger partial charge < -0.3 is 14.2 Å². The fourth-order valence-corrected chi connectivity index (χ4v) is 3.59. The van der Waals surface area contributed by atoms with E-state index >= 15 is 0 Å². The van der Waals surface area contributed by atoms with Crippen LogP contribution in [0.3, 0.4) is 0 Å².